The zero-order chi connectivity index (χ0) is 17.7. The molecule has 1 aliphatic heterocycles. The summed E-state index contributed by atoms with van der Waals surface area (Å²) in [5.74, 6) is 0.316. The summed E-state index contributed by atoms with van der Waals surface area (Å²) in [6, 6.07) is 5.67. The van der Waals surface area contributed by atoms with E-state index in [1.54, 1.807) is 7.11 Å². The second-order valence-electron chi connectivity index (χ2n) is 6.37. The molecule has 0 fully saturated rings. The quantitative estimate of drug-likeness (QED) is 0.773. The summed E-state index contributed by atoms with van der Waals surface area (Å²) < 4.78 is 10.8. The fraction of sp³-hybridized carbons (Fsp3) is 0.556. The Morgan fingerprint density at radius 2 is 2.17 bits per heavy atom. The van der Waals surface area contributed by atoms with Crippen molar-refractivity contribution < 1.29 is 19.1 Å². The van der Waals surface area contributed by atoms with Gasteiger partial charge in [0.05, 0.1) is 5.69 Å². The predicted molar refractivity (Wildman–Crippen MR) is 92.3 cm³/mol. The monoisotopic (exact) mass is 334 g/mol. The average molecular weight is 334 g/mol. The van der Waals surface area contributed by atoms with Crippen molar-refractivity contribution >= 4 is 17.5 Å². The molecule has 1 heterocycles. The molecular weight excluding hydrogens is 308 g/mol. The second-order valence-corrected chi connectivity index (χ2v) is 6.37. The maximum Gasteiger partial charge on any atom is 0.268 e. The van der Waals surface area contributed by atoms with Crippen LogP contribution in [0.25, 0.3) is 0 Å². The van der Waals surface area contributed by atoms with Crippen molar-refractivity contribution in [2.45, 2.75) is 33.3 Å². The van der Waals surface area contributed by atoms with E-state index in [-0.39, 0.29) is 24.3 Å². The molecule has 6 nitrogen and oxygen atoms in total. The fourth-order valence-corrected chi connectivity index (χ4v) is 2.63. The van der Waals surface area contributed by atoms with Gasteiger partial charge in [-0.2, -0.15) is 0 Å². The molecule has 0 radical (unpaired) electrons. The van der Waals surface area contributed by atoms with Gasteiger partial charge < -0.3 is 14.8 Å². The molecule has 0 unspecified atom stereocenters. The SMILES string of the molecule is COCCCNC(=O)CN1C(=O)[C@H](C(C)C)Oc2ccc(C)cc21. The maximum atomic E-state index is 12.8. The molecule has 0 bridgehead atoms. The number of carbonyl (C=O) groups excluding carboxylic acids is 2. The lowest BCUT2D eigenvalue weighted by molar-refractivity contribution is -0.130. The van der Waals surface area contributed by atoms with E-state index in [1.165, 1.54) is 4.90 Å². The minimum absolute atomic E-state index is 0.00511. The Morgan fingerprint density at radius 1 is 1.42 bits per heavy atom. The predicted octanol–water partition coefficient (Wildman–Crippen LogP) is 1.90. The highest BCUT2D eigenvalue weighted by atomic mass is 16.5. The van der Waals surface area contributed by atoms with Crippen LogP contribution in [-0.2, 0) is 14.3 Å². The van der Waals surface area contributed by atoms with Gasteiger partial charge in [0.1, 0.15) is 12.3 Å². The van der Waals surface area contributed by atoms with Crippen LogP contribution in [0.15, 0.2) is 18.2 Å². The van der Waals surface area contributed by atoms with E-state index >= 15 is 0 Å². The topological polar surface area (TPSA) is 67.9 Å². The smallest absolute Gasteiger partial charge is 0.268 e. The molecule has 0 saturated carbocycles. The Balaban J connectivity index is 2.15. The Bertz CT molecular complexity index is 601. The third-order valence-corrected chi connectivity index (χ3v) is 3.92. The molecule has 24 heavy (non-hydrogen) atoms. The average Bonchev–Trinajstić information content (AvgIpc) is 2.54. The number of hydrogen-bond acceptors (Lipinski definition) is 4. The van der Waals surface area contributed by atoms with Crippen LogP contribution in [0.1, 0.15) is 25.8 Å². The van der Waals surface area contributed by atoms with Crippen molar-refractivity contribution in [2.75, 3.05) is 31.7 Å². The third-order valence-electron chi connectivity index (χ3n) is 3.92. The molecule has 1 aromatic rings. The number of amides is 2. The van der Waals surface area contributed by atoms with Gasteiger partial charge in [0.2, 0.25) is 5.91 Å². The number of benzene rings is 1. The largest absolute Gasteiger partial charge is 0.478 e. The lowest BCUT2D eigenvalue weighted by atomic mass is 10.0. The summed E-state index contributed by atoms with van der Waals surface area (Å²) >= 11 is 0. The fourth-order valence-electron chi connectivity index (χ4n) is 2.63. The molecule has 0 aromatic heterocycles. The van der Waals surface area contributed by atoms with E-state index in [2.05, 4.69) is 5.32 Å². The first-order chi connectivity index (χ1) is 11.4. The molecule has 0 aliphatic carbocycles. The Labute approximate surface area is 143 Å². The summed E-state index contributed by atoms with van der Waals surface area (Å²) in [5, 5.41) is 2.82. The van der Waals surface area contributed by atoms with Crippen LogP contribution in [0, 0.1) is 12.8 Å². The van der Waals surface area contributed by atoms with E-state index in [9.17, 15) is 9.59 Å². The summed E-state index contributed by atoms with van der Waals surface area (Å²) in [7, 11) is 1.62. The van der Waals surface area contributed by atoms with Gasteiger partial charge in [0.25, 0.3) is 5.91 Å². The summed E-state index contributed by atoms with van der Waals surface area (Å²) in [6.45, 7) is 6.93. The number of aryl methyl sites for hydroxylation is 1. The van der Waals surface area contributed by atoms with Gasteiger partial charge in [-0.05, 0) is 37.0 Å². The molecule has 0 saturated heterocycles. The van der Waals surface area contributed by atoms with E-state index in [0.29, 0.717) is 24.6 Å². The van der Waals surface area contributed by atoms with Crippen LogP contribution in [0.3, 0.4) is 0 Å². The van der Waals surface area contributed by atoms with Crippen molar-refractivity contribution in [3.05, 3.63) is 23.8 Å². The summed E-state index contributed by atoms with van der Waals surface area (Å²) in [6.07, 6.45) is 0.172. The lowest BCUT2D eigenvalue weighted by Crippen LogP contribution is -2.51. The zero-order valence-electron chi connectivity index (χ0n) is 14.8. The highest BCUT2D eigenvalue weighted by Gasteiger charge is 2.37. The van der Waals surface area contributed by atoms with E-state index in [0.717, 1.165) is 12.0 Å². The maximum absolute atomic E-state index is 12.8. The molecular formula is C18H26N2O4. The first kappa shape index (κ1) is 18.3. The number of methoxy groups -OCH3 is 1. The standard InChI is InChI=1S/C18H26N2O4/c1-12(2)17-18(22)20(11-16(21)19-8-5-9-23-4)14-10-13(3)6-7-15(14)24-17/h6-7,10,12,17H,5,8-9,11H2,1-4H3,(H,19,21)/t17-/m0/s1. The van der Waals surface area contributed by atoms with Crippen LogP contribution < -0.4 is 15.0 Å². The first-order valence-electron chi connectivity index (χ1n) is 8.28. The number of nitrogens with one attached hydrogen (secondary N) is 1. The first-order valence-corrected chi connectivity index (χ1v) is 8.28. The number of carbonyl (C=O) groups is 2. The van der Waals surface area contributed by atoms with Crippen LogP contribution in [0.2, 0.25) is 0 Å². The van der Waals surface area contributed by atoms with Crippen LogP contribution >= 0.6 is 0 Å². The molecule has 6 heteroatoms. The van der Waals surface area contributed by atoms with E-state index < -0.39 is 6.10 Å². The molecule has 1 N–H and O–H groups in total. The van der Waals surface area contributed by atoms with Crippen LogP contribution in [0.4, 0.5) is 5.69 Å². The molecule has 1 aliphatic rings. The van der Waals surface area contributed by atoms with Gasteiger partial charge in [-0.1, -0.05) is 19.9 Å². The second kappa shape index (κ2) is 8.15. The van der Waals surface area contributed by atoms with Crippen molar-refractivity contribution in [1.29, 1.82) is 0 Å². The van der Waals surface area contributed by atoms with Crippen molar-refractivity contribution in [2.24, 2.45) is 5.92 Å². The lowest BCUT2D eigenvalue weighted by Gasteiger charge is -2.35. The van der Waals surface area contributed by atoms with Crippen LogP contribution in [0.5, 0.6) is 5.75 Å². The number of hydrogen-bond donors (Lipinski definition) is 1. The van der Waals surface area contributed by atoms with Gasteiger partial charge >= 0.3 is 0 Å². The Hall–Kier alpha value is -2.08. The number of ether oxygens (including phenoxy) is 2. The van der Waals surface area contributed by atoms with E-state index in [4.69, 9.17) is 9.47 Å². The molecule has 132 valence electrons. The Kier molecular flexibility index (Phi) is 6.20. The normalized spacial score (nSPS) is 16.8. The molecule has 0 spiro atoms. The van der Waals surface area contributed by atoms with Crippen molar-refractivity contribution in [1.82, 2.24) is 5.32 Å². The minimum Gasteiger partial charge on any atom is -0.478 e. The summed E-state index contributed by atoms with van der Waals surface area (Å²) in [5.41, 5.74) is 1.67. The van der Waals surface area contributed by atoms with E-state index in [1.807, 2.05) is 39.0 Å². The minimum atomic E-state index is -0.568. The van der Waals surface area contributed by atoms with Gasteiger partial charge in [0, 0.05) is 20.3 Å². The van der Waals surface area contributed by atoms with Gasteiger partial charge in [-0.15, -0.1) is 0 Å². The van der Waals surface area contributed by atoms with Crippen molar-refractivity contribution in [3.63, 3.8) is 0 Å². The molecule has 2 amide bonds. The molecule has 2 rings (SSSR count). The van der Waals surface area contributed by atoms with Crippen molar-refractivity contribution in [3.8, 4) is 5.75 Å². The molecule has 1 aromatic carbocycles. The number of rotatable bonds is 7. The highest BCUT2D eigenvalue weighted by Crippen LogP contribution is 2.36. The van der Waals surface area contributed by atoms with Gasteiger partial charge in [0.15, 0.2) is 6.10 Å². The molecule has 1 atom stereocenters. The van der Waals surface area contributed by atoms with Gasteiger partial charge in [-0.25, -0.2) is 0 Å². The number of fused-ring (bicyclic) bond motifs is 1. The zero-order valence-corrected chi connectivity index (χ0v) is 14.8. The third kappa shape index (κ3) is 4.26. The summed E-state index contributed by atoms with van der Waals surface area (Å²) in [4.78, 5) is 26.5. The number of anilines is 1. The highest BCUT2D eigenvalue weighted by molar-refractivity contribution is 6.04. The Morgan fingerprint density at radius 3 is 2.83 bits per heavy atom. The van der Waals surface area contributed by atoms with Crippen LogP contribution in [-0.4, -0.2) is 44.7 Å². The number of nitrogens with zero attached hydrogens (tertiary/aromatic N) is 1. The van der Waals surface area contributed by atoms with Gasteiger partial charge in [-0.3, -0.25) is 14.5 Å².